The number of carbonyl (C=O) groups is 2. The highest BCUT2D eigenvalue weighted by molar-refractivity contribution is 5.89. The molecule has 1 fully saturated rings. The predicted molar refractivity (Wildman–Crippen MR) is 121 cm³/mol. The fourth-order valence-corrected chi connectivity index (χ4v) is 3.41. The SMILES string of the molecule is COc1ccc(OCCCOC2NC(=O)CC(C(=O)NC(C)c3ccc(C(F)(F)F)cc3)N2)cc1. The largest absolute Gasteiger partial charge is 0.497 e. The van der Waals surface area contributed by atoms with Crippen LogP contribution in [0.5, 0.6) is 11.5 Å². The van der Waals surface area contributed by atoms with Crippen LogP contribution in [0.1, 0.15) is 36.9 Å². The smallest absolute Gasteiger partial charge is 0.416 e. The van der Waals surface area contributed by atoms with Crippen LogP contribution in [-0.2, 0) is 20.5 Å². The summed E-state index contributed by atoms with van der Waals surface area (Å²) in [6.45, 7) is 2.31. The number of hydrogen-bond donors (Lipinski definition) is 3. The molecule has 1 saturated heterocycles. The highest BCUT2D eigenvalue weighted by Crippen LogP contribution is 2.30. The van der Waals surface area contributed by atoms with Gasteiger partial charge in [0.15, 0.2) is 6.35 Å². The first-order valence-corrected chi connectivity index (χ1v) is 11.1. The first-order valence-electron chi connectivity index (χ1n) is 11.1. The summed E-state index contributed by atoms with van der Waals surface area (Å²) in [6.07, 6.45) is -4.83. The minimum atomic E-state index is -4.43. The van der Waals surface area contributed by atoms with Gasteiger partial charge in [-0.15, -0.1) is 0 Å². The third-order valence-corrected chi connectivity index (χ3v) is 5.35. The summed E-state index contributed by atoms with van der Waals surface area (Å²) < 4.78 is 54.5. The molecule has 2 aromatic rings. The van der Waals surface area contributed by atoms with Crippen LogP contribution in [-0.4, -0.2) is 44.5 Å². The topological polar surface area (TPSA) is 97.9 Å². The molecule has 0 radical (unpaired) electrons. The van der Waals surface area contributed by atoms with Gasteiger partial charge in [-0.2, -0.15) is 13.2 Å². The number of methoxy groups -OCH3 is 1. The summed E-state index contributed by atoms with van der Waals surface area (Å²) in [6, 6.07) is 10.3. The molecule has 2 aromatic carbocycles. The van der Waals surface area contributed by atoms with Gasteiger partial charge in [0, 0.05) is 6.42 Å². The quantitative estimate of drug-likeness (QED) is 0.438. The third kappa shape index (κ3) is 7.86. The maximum absolute atomic E-state index is 12.7. The molecule has 2 amide bonds. The van der Waals surface area contributed by atoms with Crippen LogP contribution in [0.3, 0.4) is 0 Å². The lowest BCUT2D eigenvalue weighted by molar-refractivity contribution is -0.139. The van der Waals surface area contributed by atoms with Gasteiger partial charge in [-0.05, 0) is 48.9 Å². The maximum Gasteiger partial charge on any atom is 0.416 e. The molecule has 0 aliphatic carbocycles. The number of halogens is 3. The van der Waals surface area contributed by atoms with E-state index in [1.807, 2.05) is 0 Å². The second-order valence-electron chi connectivity index (χ2n) is 7.97. The van der Waals surface area contributed by atoms with Crippen LogP contribution in [0.4, 0.5) is 13.2 Å². The number of benzene rings is 2. The molecular weight excluding hydrogens is 467 g/mol. The number of amides is 2. The number of nitrogens with one attached hydrogen (secondary N) is 3. The van der Waals surface area contributed by atoms with E-state index in [4.69, 9.17) is 14.2 Å². The zero-order chi connectivity index (χ0) is 25.4. The van der Waals surface area contributed by atoms with Crippen molar-refractivity contribution in [1.29, 1.82) is 0 Å². The van der Waals surface area contributed by atoms with Gasteiger partial charge in [0.25, 0.3) is 0 Å². The second kappa shape index (κ2) is 11.9. The number of ether oxygens (including phenoxy) is 3. The Hall–Kier alpha value is -3.31. The van der Waals surface area contributed by atoms with Crippen LogP contribution in [0.2, 0.25) is 0 Å². The molecule has 3 unspecified atom stereocenters. The van der Waals surface area contributed by atoms with E-state index in [9.17, 15) is 22.8 Å². The number of rotatable bonds is 10. The summed E-state index contributed by atoms with van der Waals surface area (Å²) in [7, 11) is 1.58. The Morgan fingerprint density at radius 2 is 1.74 bits per heavy atom. The molecule has 1 aliphatic rings. The highest BCUT2D eigenvalue weighted by Gasteiger charge is 2.32. The lowest BCUT2D eigenvalue weighted by atomic mass is 10.0. The molecule has 0 spiro atoms. The first kappa shape index (κ1) is 26.3. The van der Waals surface area contributed by atoms with Crippen molar-refractivity contribution in [3.05, 3.63) is 59.7 Å². The molecule has 3 N–H and O–H groups in total. The normalized spacial score (nSPS) is 18.9. The van der Waals surface area contributed by atoms with Crippen LogP contribution >= 0.6 is 0 Å². The lowest BCUT2D eigenvalue weighted by Crippen LogP contribution is -2.61. The zero-order valence-electron chi connectivity index (χ0n) is 19.4. The van der Waals surface area contributed by atoms with Crippen LogP contribution < -0.4 is 25.4 Å². The van der Waals surface area contributed by atoms with Crippen molar-refractivity contribution >= 4 is 11.8 Å². The predicted octanol–water partition coefficient (Wildman–Crippen LogP) is 3.14. The van der Waals surface area contributed by atoms with E-state index in [1.165, 1.54) is 12.1 Å². The Morgan fingerprint density at radius 1 is 1.09 bits per heavy atom. The molecule has 3 rings (SSSR count). The molecule has 0 saturated carbocycles. The lowest BCUT2D eigenvalue weighted by Gasteiger charge is -2.31. The summed E-state index contributed by atoms with van der Waals surface area (Å²) in [5, 5.41) is 8.26. The van der Waals surface area contributed by atoms with E-state index in [2.05, 4.69) is 16.0 Å². The summed E-state index contributed by atoms with van der Waals surface area (Å²) in [5.74, 6) is 0.607. The van der Waals surface area contributed by atoms with E-state index >= 15 is 0 Å². The molecule has 1 heterocycles. The Kier molecular flexibility index (Phi) is 8.94. The number of carbonyl (C=O) groups excluding carboxylic acids is 2. The van der Waals surface area contributed by atoms with E-state index in [-0.39, 0.29) is 18.9 Å². The average molecular weight is 495 g/mol. The van der Waals surface area contributed by atoms with Crippen molar-refractivity contribution in [2.45, 2.75) is 44.4 Å². The molecule has 35 heavy (non-hydrogen) atoms. The van der Waals surface area contributed by atoms with Crippen LogP contribution in [0, 0.1) is 0 Å². The van der Waals surface area contributed by atoms with E-state index < -0.39 is 36.1 Å². The van der Waals surface area contributed by atoms with Gasteiger partial charge in [0.2, 0.25) is 11.8 Å². The van der Waals surface area contributed by atoms with Crippen LogP contribution in [0.25, 0.3) is 0 Å². The van der Waals surface area contributed by atoms with Crippen molar-refractivity contribution in [3.63, 3.8) is 0 Å². The fraction of sp³-hybridized carbons (Fsp3) is 0.417. The zero-order valence-corrected chi connectivity index (χ0v) is 19.4. The molecule has 11 heteroatoms. The Morgan fingerprint density at radius 3 is 2.37 bits per heavy atom. The summed E-state index contributed by atoms with van der Waals surface area (Å²) >= 11 is 0. The second-order valence-corrected chi connectivity index (χ2v) is 7.97. The van der Waals surface area contributed by atoms with E-state index in [1.54, 1.807) is 38.3 Å². The van der Waals surface area contributed by atoms with Gasteiger partial charge in [-0.25, -0.2) is 0 Å². The summed E-state index contributed by atoms with van der Waals surface area (Å²) in [5.41, 5.74) is -0.254. The highest BCUT2D eigenvalue weighted by atomic mass is 19.4. The molecule has 1 aliphatic heterocycles. The summed E-state index contributed by atoms with van der Waals surface area (Å²) in [4.78, 5) is 24.7. The van der Waals surface area contributed by atoms with Crippen molar-refractivity contribution in [1.82, 2.24) is 16.0 Å². The fourth-order valence-electron chi connectivity index (χ4n) is 3.41. The van der Waals surface area contributed by atoms with Crippen molar-refractivity contribution in [2.75, 3.05) is 20.3 Å². The molecule has 3 atom stereocenters. The minimum absolute atomic E-state index is 0.0913. The Labute approximate surface area is 201 Å². The molecular formula is C24H28F3N3O5. The van der Waals surface area contributed by atoms with Crippen molar-refractivity contribution in [2.24, 2.45) is 0 Å². The van der Waals surface area contributed by atoms with Gasteiger partial charge in [-0.1, -0.05) is 12.1 Å². The monoisotopic (exact) mass is 495 g/mol. The maximum atomic E-state index is 12.7. The van der Waals surface area contributed by atoms with Gasteiger partial charge in [0.05, 0.1) is 44.4 Å². The third-order valence-electron chi connectivity index (χ3n) is 5.35. The first-order chi connectivity index (χ1) is 16.7. The Bertz CT molecular complexity index is 983. The molecule has 190 valence electrons. The molecule has 0 aromatic heterocycles. The van der Waals surface area contributed by atoms with Gasteiger partial charge in [-0.3, -0.25) is 14.9 Å². The average Bonchev–Trinajstić information content (AvgIpc) is 2.83. The van der Waals surface area contributed by atoms with Crippen molar-refractivity contribution < 1.29 is 37.0 Å². The van der Waals surface area contributed by atoms with E-state index in [0.29, 0.717) is 24.3 Å². The van der Waals surface area contributed by atoms with Gasteiger partial charge >= 0.3 is 6.18 Å². The number of alkyl halides is 3. The van der Waals surface area contributed by atoms with Gasteiger partial charge in [0.1, 0.15) is 11.5 Å². The molecule has 8 nitrogen and oxygen atoms in total. The van der Waals surface area contributed by atoms with Gasteiger partial charge < -0.3 is 24.8 Å². The van der Waals surface area contributed by atoms with Crippen LogP contribution in [0.15, 0.2) is 48.5 Å². The van der Waals surface area contributed by atoms with Crippen molar-refractivity contribution in [3.8, 4) is 11.5 Å². The minimum Gasteiger partial charge on any atom is -0.497 e. The number of hydrogen-bond acceptors (Lipinski definition) is 6. The Balaban J connectivity index is 1.42. The van der Waals surface area contributed by atoms with E-state index in [0.717, 1.165) is 17.9 Å². The standard InChI is InChI=1S/C24H28F3N3O5/c1-15(16-4-6-17(7-5-16)24(25,26)27)28-22(32)20-14-21(31)30-23(29-20)35-13-3-12-34-19-10-8-18(33-2)9-11-19/h4-11,15,20,23,29H,3,12-14H2,1-2H3,(H,28,32)(H,30,31). The molecule has 0 bridgehead atoms.